The predicted molar refractivity (Wildman–Crippen MR) is 97.0 cm³/mol. The van der Waals surface area contributed by atoms with Crippen molar-refractivity contribution in [3.63, 3.8) is 0 Å². The summed E-state index contributed by atoms with van der Waals surface area (Å²) in [6, 6.07) is 6.25. The first-order valence-electron chi connectivity index (χ1n) is 8.06. The molecule has 0 radical (unpaired) electrons. The van der Waals surface area contributed by atoms with Crippen LogP contribution in [0.25, 0.3) is 0 Å². The van der Waals surface area contributed by atoms with E-state index in [1.165, 1.54) is 11.3 Å². The van der Waals surface area contributed by atoms with Crippen molar-refractivity contribution < 1.29 is 14.3 Å². The molecule has 25 heavy (non-hydrogen) atoms. The lowest BCUT2D eigenvalue weighted by atomic mass is 10.0. The number of aromatic nitrogens is 2. The van der Waals surface area contributed by atoms with E-state index in [0.29, 0.717) is 23.1 Å². The van der Waals surface area contributed by atoms with Gasteiger partial charge in [-0.1, -0.05) is 37.3 Å². The topological polar surface area (TPSA) is 93.2 Å². The molecular weight excluding hydrogens is 340 g/mol. The molecule has 2 amide bonds. The number of aryl methyl sites for hydroxylation is 1. The van der Waals surface area contributed by atoms with Crippen LogP contribution >= 0.6 is 11.3 Å². The number of nitrogens with one attached hydrogen (secondary N) is 2. The van der Waals surface area contributed by atoms with E-state index >= 15 is 0 Å². The number of carbonyl (C=O) groups excluding carboxylic acids is 2. The standard InChI is InChI=1S/C17H22N4O3S/c1-5-24-13-9-7-6-8-12(13)15(22)18-14(10(2)3)16(23)19-17-21-20-11(4)25-17/h6-10,14H,5H2,1-4H3,(H,18,22)(H,19,21,23). The van der Waals surface area contributed by atoms with Crippen molar-refractivity contribution in [3.05, 3.63) is 34.8 Å². The second-order valence-electron chi connectivity index (χ2n) is 5.74. The molecule has 0 bridgehead atoms. The number of hydrogen-bond acceptors (Lipinski definition) is 6. The van der Waals surface area contributed by atoms with E-state index in [9.17, 15) is 9.59 Å². The molecule has 2 N–H and O–H groups in total. The first-order valence-corrected chi connectivity index (χ1v) is 8.87. The highest BCUT2D eigenvalue weighted by Gasteiger charge is 2.26. The number of hydrogen-bond donors (Lipinski definition) is 2. The third kappa shape index (κ3) is 4.99. The molecule has 1 aromatic carbocycles. The van der Waals surface area contributed by atoms with Crippen molar-refractivity contribution >= 4 is 28.3 Å². The van der Waals surface area contributed by atoms with E-state index in [1.54, 1.807) is 31.2 Å². The number of amides is 2. The van der Waals surface area contributed by atoms with Crippen LogP contribution in [0.2, 0.25) is 0 Å². The second-order valence-corrected chi connectivity index (χ2v) is 6.92. The van der Waals surface area contributed by atoms with Crippen molar-refractivity contribution in [2.75, 3.05) is 11.9 Å². The molecule has 1 heterocycles. The zero-order valence-corrected chi connectivity index (χ0v) is 15.5. The van der Waals surface area contributed by atoms with Gasteiger partial charge in [-0.25, -0.2) is 0 Å². The Morgan fingerprint density at radius 1 is 1.24 bits per heavy atom. The molecule has 0 spiro atoms. The van der Waals surface area contributed by atoms with Gasteiger partial charge in [-0.3, -0.25) is 14.9 Å². The lowest BCUT2D eigenvalue weighted by Gasteiger charge is -2.21. The first kappa shape index (κ1) is 18.9. The van der Waals surface area contributed by atoms with E-state index in [-0.39, 0.29) is 17.7 Å². The van der Waals surface area contributed by atoms with Gasteiger partial charge in [0.1, 0.15) is 16.8 Å². The summed E-state index contributed by atoms with van der Waals surface area (Å²) < 4.78 is 5.48. The number of ether oxygens (including phenoxy) is 1. The molecule has 0 aliphatic carbocycles. The fourth-order valence-electron chi connectivity index (χ4n) is 2.22. The van der Waals surface area contributed by atoms with Crippen molar-refractivity contribution in [2.45, 2.75) is 33.7 Å². The van der Waals surface area contributed by atoms with Gasteiger partial charge in [0.25, 0.3) is 5.91 Å². The van der Waals surface area contributed by atoms with E-state index in [4.69, 9.17) is 4.74 Å². The summed E-state index contributed by atoms with van der Waals surface area (Å²) in [5.41, 5.74) is 0.398. The molecule has 0 aliphatic rings. The molecule has 0 aliphatic heterocycles. The maximum absolute atomic E-state index is 12.6. The van der Waals surface area contributed by atoms with Gasteiger partial charge in [0.2, 0.25) is 11.0 Å². The number of carbonyl (C=O) groups is 2. The highest BCUT2D eigenvalue weighted by molar-refractivity contribution is 7.15. The van der Waals surface area contributed by atoms with Gasteiger partial charge in [-0.15, -0.1) is 10.2 Å². The maximum Gasteiger partial charge on any atom is 0.255 e. The average Bonchev–Trinajstić information content (AvgIpc) is 2.97. The Kier molecular flexibility index (Phi) is 6.46. The van der Waals surface area contributed by atoms with Crippen LogP contribution in [0.5, 0.6) is 5.75 Å². The highest BCUT2D eigenvalue weighted by atomic mass is 32.1. The van der Waals surface area contributed by atoms with Crippen LogP contribution < -0.4 is 15.4 Å². The van der Waals surface area contributed by atoms with Crippen molar-refractivity contribution in [2.24, 2.45) is 5.92 Å². The Morgan fingerprint density at radius 3 is 2.56 bits per heavy atom. The minimum Gasteiger partial charge on any atom is -0.493 e. The molecule has 1 unspecified atom stereocenters. The summed E-state index contributed by atoms with van der Waals surface area (Å²) in [6.07, 6.45) is 0. The van der Waals surface area contributed by atoms with Crippen LogP contribution in [0.3, 0.4) is 0 Å². The van der Waals surface area contributed by atoms with Crippen molar-refractivity contribution in [1.29, 1.82) is 0 Å². The minimum absolute atomic E-state index is 0.0998. The number of nitrogens with zero attached hydrogens (tertiary/aromatic N) is 2. The van der Waals surface area contributed by atoms with Gasteiger partial charge in [0.05, 0.1) is 12.2 Å². The SMILES string of the molecule is CCOc1ccccc1C(=O)NC(C(=O)Nc1nnc(C)s1)C(C)C. The zero-order chi connectivity index (χ0) is 18.4. The Labute approximate surface area is 150 Å². The van der Waals surface area contributed by atoms with Crippen LogP contribution in [0, 0.1) is 12.8 Å². The predicted octanol–water partition coefficient (Wildman–Crippen LogP) is 2.64. The van der Waals surface area contributed by atoms with Gasteiger partial charge in [-0.2, -0.15) is 0 Å². The van der Waals surface area contributed by atoms with E-state index < -0.39 is 6.04 Å². The lowest BCUT2D eigenvalue weighted by molar-refractivity contribution is -0.118. The molecule has 0 fully saturated rings. The normalized spacial score (nSPS) is 11.9. The number of para-hydroxylation sites is 1. The van der Waals surface area contributed by atoms with Gasteiger partial charge in [0.15, 0.2) is 0 Å². The largest absolute Gasteiger partial charge is 0.493 e. The molecule has 7 nitrogen and oxygen atoms in total. The quantitative estimate of drug-likeness (QED) is 0.790. The van der Waals surface area contributed by atoms with Crippen LogP contribution in [-0.2, 0) is 4.79 Å². The molecule has 1 aromatic heterocycles. The maximum atomic E-state index is 12.6. The third-order valence-electron chi connectivity index (χ3n) is 3.42. The number of rotatable bonds is 7. The second kappa shape index (κ2) is 8.57. The average molecular weight is 362 g/mol. The van der Waals surface area contributed by atoms with Gasteiger partial charge in [0, 0.05) is 0 Å². The van der Waals surface area contributed by atoms with E-state index in [0.717, 1.165) is 5.01 Å². The summed E-state index contributed by atoms with van der Waals surface area (Å²) in [6.45, 7) is 7.84. The fraction of sp³-hybridized carbons (Fsp3) is 0.412. The Balaban J connectivity index is 2.13. The highest BCUT2D eigenvalue weighted by Crippen LogP contribution is 2.19. The van der Waals surface area contributed by atoms with Gasteiger partial charge >= 0.3 is 0 Å². The Morgan fingerprint density at radius 2 is 1.96 bits per heavy atom. The zero-order valence-electron chi connectivity index (χ0n) is 14.7. The monoisotopic (exact) mass is 362 g/mol. The smallest absolute Gasteiger partial charge is 0.255 e. The Bertz CT molecular complexity index is 745. The van der Waals surface area contributed by atoms with Gasteiger partial charge < -0.3 is 10.1 Å². The number of benzene rings is 1. The van der Waals surface area contributed by atoms with Crippen LogP contribution in [0.15, 0.2) is 24.3 Å². The lowest BCUT2D eigenvalue weighted by Crippen LogP contribution is -2.47. The molecule has 8 heteroatoms. The molecular formula is C17H22N4O3S. The summed E-state index contributed by atoms with van der Waals surface area (Å²) in [5.74, 6) is -0.290. The summed E-state index contributed by atoms with van der Waals surface area (Å²) in [7, 11) is 0. The molecule has 0 saturated carbocycles. The summed E-state index contributed by atoms with van der Waals surface area (Å²) in [5, 5.41) is 14.4. The molecule has 1 atom stereocenters. The fourth-order valence-corrected chi connectivity index (χ4v) is 2.81. The van der Waals surface area contributed by atoms with Crippen LogP contribution in [0.1, 0.15) is 36.1 Å². The summed E-state index contributed by atoms with van der Waals surface area (Å²) in [4.78, 5) is 25.1. The van der Waals surface area contributed by atoms with E-state index in [2.05, 4.69) is 20.8 Å². The van der Waals surface area contributed by atoms with Crippen LogP contribution in [-0.4, -0.2) is 34.7 Å². The molecule has 134 valence electrons. The molecule has 0 saturated heterocycles. The van der Waals surface area contributed by atoms with Crippen molar-refractivity contribution in [3.8, 4) is 5.75 Å². The van der Waals surface area contributed by atoms with E-state index in [1.807, 2.05) is 20.8 Å². The Hall–Kier alpha value is -2.48. The molecule has 2 rings (SSSR count). The van der Waals surface area contributed by atoms with Gasteiger partial charge in [-0.05, 0) is 31.9 Å². The first-order chi connectivity index (χ1) is 11.9. The van der Waals surface area contributed by atoms with Crippen LogP contribution in [0.4, 0.5) is 5.13 Å². The third-order valence-corrected chi connectivity index (χ3v) is 4.18. The molecule has 2 aromatic rings. The number of anilines is 1. The van der Waals surface area contributed by atoms with Crippen molar-refractivity contribution in [1.82, 2.24) is 15.5 Å². The minimum atomic E-state index is -0.702. The summed E-state index contributed by atoms with van der Waals surface area (Å²) >= 11 is 1.28.